The zero-order valence-electron chi connectivity index (χ0n) is 8.68. The molecule has 1 saturated heterocycles. The van der Waals surface area contributed by atoms with E-state index in [1.807, 2.05) is 0 Å². The molecule has 2 atom stereocenters. The molecular weight excluding hydrogens is 166 g/mol. The van der Waals surface area contributed by atoms with Crippen LogP contribution in [0.5, 0.6) is 0 Å². The zero-order valence-corrected chi connectivity index (χ0v) is 9.50. The van der Waals surface area contributed by atoms with E-state index < -0.39 is 0 Å². The first-order valence-electron chi connectivity index (χ1n) is 4.84. The molecule has 72 valence electrons. The molecule has 0 radical (unpaired) electrons. The summed E-state index contributed by atoms with van der Waals surface area (Å²) in [6.45, 7) is 9.19. The minimum atomic E-state index is 0.396. The summed E-state index contributed by atoms with van der Waals surface area (Å²) >= 11 is 2.07. The van der Waals surface area contributed by atoms with E-state index in [9.17, 15) is 0 Å². The molecule has 0 aromatic heterocycles. The lowest BCUT2D eigenvalue weighted by Gasteiger charge is -2.30. The summed E-state index contributed by atoms with van der Waals surface area (Å²) in [6, 6.07) is 1.39. The van der Waals surface area contributed by atoms with Gasteiger partial charge in [-0.15, -0.1) is 0 Å². The second kappa shape index (κ2) is 4.01. The second-order valence-corrected chi connectivity index (χ2v) is 5.96. The summed E-state index contributed by atoms with van der Waals surface area (Å²) in [5.74, 6) is 2.65. The van der Waals surface area contributed by atoms with Crippen molar-refractivity contribution in [3.05, 3.63) is 0 Å². The fraction of sp³-hybridized carbons (Fsp3) is 1.00. The highest BCUT2D eigenvalue weighted by Crippen LogP contribution is 2.23. The van der Waals surface area contributed by atoms with Crippen LogP contribution in [0.3, 0.4) is 0 Å². The van der Waals surface area contributed by atoms with Crippen LogP contribution in [0.2, 0.25) is 0 Å². The molecule has 12 heavy (non-hydrogen) atoms. The van der Waals surface area contributed by atoms with Crippen LogP contribution in [0.4, 0.5) is 0 Å². The Morgan fingerprint density at radius 3 is 2.50 bits per heavy atom. The largest absolute Gasteiger partial charge is 0.310 e. The van der Waals surface area contributed by atoms with Crippen LogP contribution >= 0.6 is 11.8 Å². The van der Waals surface area contributed by atoms with Gasteiger partial charge in [0.2, 0.25) is 0 Å². The second-order valence-electron chi connectivity index (χ2n) is 4.81. The van der Waals surface area contributed by atoms with Crippen molar-refractivity contribution in [2.45, 2.75) is 46.2 Å². The molecule has 2 heteroatoms. The van der Waals surface area contributed by atoms with Gasteiger partial charge in [-0.05, 0) is 24.5 Å². The minimum absolute atomic E-state index is 0.396. The van der Waals surface area contributed by atoms with Gasteiger partial charge in [0.05, 0.1) is 0 Å². The van der Waals surface area contributed by atoms with Crippen molar-refractivity contribution in [2.75, 3.05) is 11.5 Å². The van der Waals surface area contributed by atoms with Gasteiger partial charge in [0, 0.05) is 17.8 Å². The van der Waals surface area contributed by atoms with Crippen LogP contribution in [-0.2, 0) is 0 Å². The molecule has 1 nitrogen and oxygen atoms in total. The standard InChI is InChI=1S/C10H21NS/c1-8(10(2,3)4)11-9-5-6-12-7-9/h8-9,11H,5-7H2,1-4H3. The molecule has 0 aliphatic carbocycles. The Hall–Kier alpha value is 0.310. The zero-order chi connectivity index (χ0) is 9.19. The van der Waals surface area contributed by atoms with Crippen molar-refractivity contribution in [2.24, 2.45) is 5.41 Å². The molecule has 0 amide bonds. The van der Waals surface area contributed by atoms with Crippen molar-refractivity contribution >= 4 is 11.8 Å². The van der Waals surface area contributed by atoms with E-state index in [0.717, 1.165) is 6.04 Å². The van der Waals surface area contributed by atoms with Gasteiger partial charge in [-0.25, -0.2) is 0 Å². The summed E-state index contributed by atoms with van der Waals surface area (Å²) in [7, 11) is 0. The van der Waals surface area contributed by atoms with Gasteiger partial charge in [-0.1, -0.05) is 20.8 Å². The fourth-order valence-electron chi connectivity index (χ4n) is 1.27. The van der Waals surface area contributed by atoms with E-state index in [1.54, 1.807) is 0 Å². The first-order chi connectivity index (χ1) is 5.50. The molecular formula is C10H21NS. The van der Waals surface area contributed by atoms with Crippen LogP contribution in [0.1, 0.15) is 34.1 Å². The maximum absolute atomic E-state index is 3.70. The summed E-state index contributed by atoms with van der Waals surface area (Å²) in [5.41, 5.74) is 0.396. The highest BCUT2D eigenvalue weighted by Gasteiger charge is 2.24. The molecule has 1 N–H and O–H groups in total. The summed E-state index contributed by atoms with van der Waals surface area (Å²) in [6.07, 6.45) is 1.35. The smallest absolute Gasteiger partial charge is 0.0168 e. The van der Waals surface area contributed by atoms with E-state index in [2.05, 4.69) is 44.8 Å². The van der Waals surface area contributed by atoms with Gasteiger partial charge in [0.25, 0.3) is 0 Å². The molecule has 1 aliphatic rings. The van der Waals surface area contributed by atoms with Gasteiger partial charge < -0.3 is 5.32 Å². The van der Waals surface area contributed by atoms with Crippen LogP contribution in [0.15, 0.2) is 0 Å². The predicted octanol–water partition coefficient (Wildman–Crippen LogP) is 2.52. The van der Waals surface area contributed by atoms with Crippen LogP contribution in [0.25, 0.3) is 0 Å². The fourth-order valence-corrected chi connectivity index (χ4v) is 2.43. The monoisotopic (exact) mass is 187 g/mol. The minimum Gasteiger partial charge on any atom is -0.310 e. The molecule has 1 fully saturated rings. The Kier molecular flexibility index (Phi) is 3.47. The Morgan fingerprint density at radius 2 is 2.08 bits per heavy atom. The lowest BCUT2D eigenvalue weighted by Crippen LogP contribution is -2.43. The molecule has 2 unspecified atom stereocenters. The Bertz CT molecular complexity index is 133. The number of nitrogens with one attached hydrogen (secondary N) is 1. The molecule has 0 spiro atoms. The van der Waals surface area contributed by atoms with Gasteiger partial charge in [0.15, 0.2) is 0 Å². The summed E-state index contributed by atoms with van der Waals surface area (Å²) < 4.78 is 0. The van der Waals surface area contributed by atoms with E-state index >= 15 is 0 Å². The van der Waals surface area contributed by atoms with Gasteiger partial charge >= 0.3 is 0 Å². The molecule has 0 aromatic rings. The SMILES string of the molecule is CC(NC1CCSC1)C(C)(C)C. The van der Waals surface area contributed by atoms with Crippen molar-refractivity contribution in [1.82, 2.24) is 5.32 Å². The van der Waals surface area contributed by atoms with Crippen molar-refractivity contribution in [1.29, 1.82) is 0 Å². The summed E-state index contributed by atoms with van der Waals surface area (Å²) in [4.78, 5) is 0. The topological polar surface area (TPSA) is 12.0 Å². The third kappa shape index (κ3) is 2.98. The van der Waals surface area contributed by atoms with Crippen LogP contribution in [0, 0.1) is 5.41 Å². The summed E-state index contributed by atoms with van der Waals surface area (Å²) in [5, 5.41) is 3.70. The maximum atomic E-state index is 3.70. The number of thioether (sulfide) groups is 1. The number of hydrogen-bond acceptors (Lipinski definition) is 2. The highest BCUT2D eigenvalue weighted by atomic mass is 32.2. The normalized spacial score (nSPS) is 27.5. The Balaban J connectivity index is 2.30. The van der Waals surface area contributed by atoms with Crippen molar-refractivity contribution in [3.8, 4) is 0 Å². The van der Waals surface area contributed by atoms with Gasteiger partial charge in [0.1, 0.15) is 0 Å². The number of hydrogen-bond donors (Lipinski definition) is 1. The first kappa shape index (κ1) is 10.4. The third-order valence-corrected chi connectivity index (χ3v) is 3.88. The highest BCUT2D eigenvalue weighted by molar-refractivity contribution is 7.99. The van der Waals surface area contributed by atoms with E-state index in [1.165, 1.54) is 17.9 Å². The van der Waals surface area contributed by atoms with Gasteiger partial charge in [-0.3, -0.25) is 0 Å². The first-order valence-corrected chi connectivity index (χ1v) is 5.99. The van der Waals surface area contributed by atoms with Gasteiger partial charge in [-0.2, -0.15) is 11.8 Å². The van der Waals surface area contributed by atoms with Crippen molar-refractivity contribution < 1.29 is 0 Å². The van der Waals surface area contributed by atoms with Crippen molar-refractivity contribution in [3.63, 3.8) is 0 Å². The van der Waals surface area contributed by atoms with E-state index in [0.29, 0.717) is 11.5 Å². The van der Waals surface area contributed by atoms with E-state index in [-0.39, 0.29) is 0 Å². The molecule has 0 bridgehead atoms. The van der Waals surface area contributed by atoms with Crippen LogP contribution in [-0.4, -0.2) is 23.6 Å². The average Bonchev–Trinajstić information content (AvgIpc) is 2.37. The molecule has 1 aliphatic heterocycles. The number of rotatable bonds is 2. The predicted molar refractivity (Wildman–Crippen MR) is 57.8 cm³/mol. The molecule has 1 heterocycles. The average molecular weight is 187 g/mol. The lowest BCUT2D eigenvalue weighted by atomic mass is 9.87. The molecule has 0 saturated carbocycles. The maximum Gasteiger partial charge on any atom is 0.0168 e. The molecule has 1 rings (SSSR count). The van der Waals surface area contributed by atoms with E-state index in [4.69, 9.17) is 0 Å². The quantitative estimate of drug-likeness (QED) is 0.713. The molecule has 0 aromatic carbocycles. The van der Waals surface area contributed by atoms with Crippen LogP contribution < -0.4 is 5.32 Å². The third-order valence-electron chi connectivity index (χ3n) is 2.71. The Morgan fingerprint density at radius 1 is 1.42 bits per heavy atom. The lowest BCUT2D eigenvalue weighted by molar-refractivity contribution is 0.268. The Labute approximate surface area is 80.7 Å².